The van der Waals surface area contributed by atoms with Gasteiger partial charge in [0.05, 0.1) is 0 Å². The molecule has 0 aliphatic carbocycles. The second kappa shape index (κ2) is 6.65. The maximum Gasteiger partial charge on any atom is 0.334 e. The third-order valence-corrected chi connectivity index (χ3v) is 1.26. The fourth-order valence-corrected chi connectivity index (χ4v) is 0.733. The van der Waals surface area contributed by atoms with E-state index in [0.717, 1.165) is 6.08 Å². The molecular formula is C10H12O4. The summed E-state index contributed by atoms with van der Waals surface area (Å²) in [4.78, 5) is 21.5. The molecule has 0 aliphatic rings. The predicted molar refractivity (Wildman–Crippen MR) is 51.7 cm³/mol. The number of hydrogen-bond acceptors (Lipinski definition) is 3. The lowest BCUT2D eigenvalue weighted by Crippen LogP contribution is -2.09. The first-order chi connectivity index (χ1) is 6.61. The van der Waals surface area contributed by atoms with Crippen molar-refractivity contribution >= 4 is 11.9 Å². The Morgan fingerprint density at radius 2 is 1.93 bits per heavy atom. The summed E-state index contributed by atoms with van der Waals surface area (Å²) in [6, 6.07) is 0. The minimum absolute atomic E-state index is 0.0624. The van der Waals surface area contributed by atoms with E-state index in [1.165, 1.54) is 12.2 Å². The Kier molecular flexibility index (Phi) is 5.78. The molecular weight excluding hydrogens is 184 g/mol. The highest BCUT2D eigenvalue weighted by Crippen LogP contribution is 2.04. The predicted octanol–water partition coefficient (Wildman–Crippen LogP) is 1.30. The third kappa shape index (κ3) is 4.92. The smallest absolute Gasteiger partial charge is 0.334 e. The maximum atomic E-state index is 11.2. The van der Waals surface area contributed by atoms with E-state index in [1.807, 2.05) is 0 Å². The van der Waals surface area contributed by atoms with E-state index in [4.69, 9.17) is 5.11 Å². The van der Waals surface area contributed by atoms with Crippen molar-refractivity contribution in [1.82, 2.24) is 0 Å². The van der Waals surface area contributed by atoms with Crippen molar-refractivity contribution < 1.29 is 19.4 Å². The fraction of sp³-hybridized carbons (Fsp3) is 0.200. The van der Waals surface area contributed by atoms with Crippen molar-refractivity contribution in [2.75, 3.05) is 6.61 Å². The zero-order valence-corrected chi connectivity index (χ0v) is 7.73. The molecule has 0 radical (unpaired) electrons. The van der Waals surface area contributed by atoms with E-state index in [9.17, 15) is 9.59 Å². The van der Waals surface area contributed by atoms with E-state index in [2.05, 4.69) is 17.9 Å². The van der Waals surface area contributed by atoms with Crippen LogP contribution < -0.4 is 0 Å². The summed E-state index contributed by atoms with van der Waals surface area (Å²) in [7, 11) is 0. The van der Waals surface area contributed by atoms with Crippen molar-refractivity contribution in [1.29, 1.82) is 0 Å². The molecule has 0 aromatic heterocycles. The van der Waals surface area contributed by atoms with Crippen LogP contribution in [0, 0.1) is 0 Å². The minimum atomic E-state index is -1.18. The molecule has 0 heterocycles. The summed E-state index contributed by atoms with van der Waals surface area (Å²) in [5.41, 5.74) is 0.0642. The second-order valence-electron chi connectivity index (χ2n) is 2.39. The molecule has 76 valence electrons. The number of carbonyl (C=O) groups excluding carboxylic acids is 1. The summed E-state index contributed by atoms with van der Waals surface area (Å²) in [6.07, 6.45) is 3.82. The number of carboxylic acid groups (broad SMARTS) is 1. The second-order valence-corrected chi connectivity index (χ2v) is 2.39. The van der Waals surface area contributed by atoms with Gasteiger partial charge in [-0.2, -0.15) is 0 Å². The summed E-state index contributed by atoms with van der Waals surface area (Å²) < 4.78 is 4.67. The van der Waals surface area contributed by atoms with Gasteiger partial charge in [-0.3, -0.25) is 0 Å². The maximum absolute atomic E-state index is 11.2. The topological polar surface area (TPSA) is 63.6 Å². The fourth-order valence-electron chi connectivity index (χ4n) is 0.733. The molecule has 4 nitrogen and oxygen atoms in total. The number of hydrogen-bond donors (Lipinski definition) is 1. The van der Waals surface area contributed by atoms with Crippen LogP contribution in [-0.4, -0.2) is 23.7 Å². The van der Waals surface area contributed by atoms with Gasteiger partial charge in [-0.05, 0) is 6.42 Å². The number of carbonyl (C=O) groups is 2. The zero-order valence-electron chi connectivity index (χ0n) is 7.73. The highest BCUT2D eigenvalue weighted by atomic mass is 16.5. The minimum Gasteiger partial charge on any atom is -0.478 e. The summed E-state index contributed by atoms with van der Waals surface area (Å²) in [6.45, 7) is 6.84. The summed E-state index contributed by atoms with van der Waals surface area (Å²) in [5.74, 6) is -1.84. The molecule has 0 amide bonds. The van der Waals surface area contributed by atoms with Gasteiger partial charge >= 0.3 is 11.9 Å². The van der Waals surface area contributed by atoms with E-state index in [-0.39, 0.29) is 18.6 Å². The highest BCUT2D eigenvalue weighted by molar-refractivity contribution is 5.95. The molecule has 0 rings (SSSR count). The van der Waals surface area contributed by atoms with E-state index >= 15 is 0 Å². The van der Waals surface area contributed by atoms with Crippen LogP contribution in [0.5, 0.6) is 0 Å². The molecule has 0 spiro atoms. The van der Waals surface area contributed by atoms with Gasteiger partial charge in [0.25, 0.3) is 0 Å². The normalized spacial score (nSPS) is 10.4. The SMILES string of the molecule is C=CCOC(=O)C(=CC(=O)O)CC=C. The lowest BCUT2D eigenvalue weighted by molar-refractivity contribution is -0.139. The first-order valence-electron chi connectivity index (χ1n) is 3.94. The first kappa shape index (κ1) is 12.2. The lowest BCUT2D eigenvalue weighted by Gasteiger charge is -2.02. The Bertz CT molecular complexity index is 276. The lowest BCUT2D eigenvalue weighted by atomic mass is 10.2. The first-order valence-corrected chi connectivity index (χ1v) is 3.94. The number of carboxylic acids is 1. The van der Waals surface area contributed by atoms with Crippen molar-refractivity contribution in [3.63, 3.8) is 0 Å². The molecule has 4 heteroatoms. The molecule has 0 bridgehead atoms. The molecule has 0 unspecified atom stereocenters. The summed E-state index contributed by atoms with van der Waals surface area (Å²) in [5, 5.41) is 8.45. The van der Waals surface area contributed by atoms with Gasteiger partial charge in [0.2, 0.25) is 0 Å². The van der Waals surface area contributed by atoms with Crippen LogP contribution >= 0.6 is 0 Å². The van der Waals surface area contributed by atoms with Gasteiger partial charge in [-0.15, -0.1) is 6.58 Å². The van der Waals surface area contributed by atoms with Crippen molar-refractivity contribution in [3.8, 4) is 0 Å². The number of rotatable bonds is 6. The molecule has 1 N–H and O–H groups in total. The molecule has 0 atom stereocenters. The zero-order chi connectivity index (χ0) is 11.0. The van der Waals surface area contributed by atoms with Crippen LogP contribution in [0.3, 0.4) is 0 Å². The largest absolute Gasteiger partial charge is 0.478 e. The van der Waals surface area contributed by atoms with E-state index in [0.29, 0.717) is 0 Å². The van der Waals surface area contributed by atoms with Gasteiger partial charge in [0, 0.05) is 11.6 Å². The van der Waals surface area contributed by atoms with Gasteiger partial charge in [0.1, 0.15) is 6.61 Å². The molecule has 0 aromatic carbocycles. The van der Waals surface area contributed by atoms with Gasteiger partial charge in [-0.1, -0.05) is 18.7 Å². The Morgan fingerprint density at radius 3 is 2.36 bits per heavy atom. The summed E-state index contributed by atoms with van der Waals surface area (Å²) >= 11 is 0. The van der Waals surface area contributed by atoms with Crippen LogP contribution in [0.4, 0.5) is 0 Å². The van der Waals surface area contributed by atoms with Gasteiger partial charge in [0.15, 0.2) is 0 Å². The molecule has 0 aromatic rings. The van der Waals surface area contributed by atoms with Crippen molar-refractivity contribution in [2.45, 2.75) is 6.42 Å². The van der Waals surface area contributed by atoms with Crippen LogP contribution in [0.2, 0.25) is 0 Å². The standard InChI is InChI=1S/C10H12O4/c1-3-5-8(7-9(11)12)10(13)14-6-4-2/h3-4,7H,1-2,5-6H2,(H,11,12). The highest BCUT2D eigenvalue weighted by Gasteiger charge is 2.10. The van der Waals surface area contributed by atoms with Crippen molar-refractivity contribution in [3.05, 3.63) is 37.0 Å². The average Bonchev–Trinajstić information content (AvgIpc) is 2.13. The van der Waals surface area contributed by atoms with E-state index < -0.39 is 11.9 Å². The Hall–Kier alpha value is -1.84. The molecule has 14 heavy (non-hydrogen) atoms. The van der Waals surface area contributed by atoms with Crippen LogP contribution in [0.25, 0.3) is 0 Å². The van der Waals surface area contributed by atoms with Crippen LogP contribution in [0.15, 0.2) is 37.0 Å². The van der Waals surface area contributed by atoms with Crippen LogP contribution in [-0.2, 0) is 14.3 Å². The molecule has 0 saturated heterocycles. The molecule has 0 fully saturated rings. The third-order valence-electron chi connectivity index (χ3n) is 1.26. The molecule has 0 aliphatic heterocycles. The quantitative estimate of drug-likeness (QED) is 0.395. The van der Waals surface area contributed by atoms with Gasteiger partial charge in [-0.25, -0.2) is 9.59 Å². The van der Waals surface area contributed by atoms with Crippen molar-refractivity contribution in [2.24, 2.45) is 0 Å². The number of ether oxygens (including phenoxy) is 1. The van der Waals surface area contributed by atoms with Crippen LogP contribution in [0.1, 0.15) is 6.42 Å². The number of aliphatic carboxylic acids is 1. The van der Waals surface area contributed by atoms with Gasteiger partial charge < -0.3 is 9.84 Å². The monoisotopic (exact) mass is 196 g/mol. The Balaban J connectivity index is 4.47. The number of allylic oxidation sites excluding steroid dienone is 1. The van der Waals surface area contributed by atoms with E-state index in [1.54, 1.807) is 0 Å². The Labute approximate surface area is 82.2 Å². The molecule has 0 saturated carbocycles. The Morgan fingerprint density at radius 1 is 1.29 bits per heavy atom. The number of esters is 1. The average molecular weight is 196 g/mol.